The molecule has 124 valence electrons. The number of carbonyl (C=O) groups is 1. The number of nitrogen functional groups attached to an aromatic ring is 1. The second-order valence-corrected chi connectivity index (χ2v) is 4.31. The van der Waals surface area contributed by atoms with Crippen molar-refractivity contribution in [3.8, 4) is 11.5 Å². The summed E-state index contributed by atoms with van der Waals surface area (Å²) in [5.41, 5.74) is 3.36. The Labute approximate surface area is 138 Å². The number of nitrogens with two attached hydrogens (primary N) is 1. The smallest absolute Gasteiger partial charge is 0.308 e. The molecule has 0 spiro atoms. The van der Waals surface area contributed by atoms with Crippen LogP contribution in [0.5, 0.6) is 11.5 Å². The number of nitrogens with one attached hydrogen (secondary N) is 1. The summed E-state index contributed by atoms with van der Waals surface area (Å²) in [6, 6.07) is 5.06. The molecule has 1 aromatic heterocycles. The number of anilines is 1. The van der Waals surface area contributed by atoms with E-state index in [0.29, 0.717) is 28.8 Å². The van der Waals surface area contributed by atoms with Crippen LogP contribution in [0.25, 0.3) is 0 Å². The molecule has 10 heteroatoms. The van der Waals surface area contributed by atoms with Crippen LogP contribution in [0.3, 0.4) is 0 Å². The number of benzene rings is 1. The predicted octanol–water partition coefficient (Wildman–Crippen LogP) is -2.32. The molecular weight excluding hydrogens is 324 g/mol. The normalized spacial score (nSPS) is 10.2. The highest BCUT2D eigenvalue weighted by molar-refractivity contribution is 5.82. The second kappa shape index (κ2) is 7.99. The molecular formula is C13H16ClN6O3-. The van der Waals surface area contributed by atoms with Crippen molar-refractivity contribution in [2.75, 3.05) is 18.4 Å². The van der Waals surface area contributed by atoms with Gasteiger partial charge in [-0.2, -0.15) is 5.10 Å². The standard InChI is InChI=1S/C13H16N6O3.ClH/c1-8-16-18-13(19(8)14)17-15-7-10-4-5-11(21-3)12(6-10)22-9(2)20;/h4-7H,14H2,1-3H3,(H,17,18);1H/p-1. The fraction of sp³-hybridized carbons (Fsp3) is 0.231. The number of aromatic nitrogens is 3. The first-order chi connectivity index (χ1) is 10.5. The molecule has 0 fully saturated rings. The molecule has 0 radical (unpaired) electrons. The number of halogens is 1. The van der Waals surface area contributed by atoms with Crippen molar-refractivity contribution < 1.29 is 26.7 Å². The van der Waals surface area contributed by atoms with Gasteiger partial charge in [-0.1, -0.05) is 0 Å². The Morgan fingerprint density at radius 2 is 2.13 bits per heavy atom. The lowest BCUT2D eigenvalue weighted by molar-refractivity contribution is -0.132. The third kappa shape index (κ3) is 4.58. The third-order valence-electron chi connectivity index (χ3n) is 2.69. The van der Waals surface area contributed by atoms with Gasteiger partial charge in [-0.05, 0) is 30.7 Å². The number of methoxy groups -OCH3 is 1. The second-order valence-electron chi connectivity index (χ2n) is 4.31. The van der Waals surface area contributed by atoms with E-state index < -0.39 is 5.97 Å². The van der Waals surface area contributed by atoms with E-state index in [4.69, 9.17) is 15.3 Å². The number of hydrazone groups is 1. The lowest BCUT2D eigenvalue weighted by Gasteiger charge is -2.08. The average molecular weight is 340 g/mol. The molecule has 0 aliphatic heterocycles. The van der Waals surface area contributed by atoms with E-state index >= 15 is 0 Å². The zero-order valence-corrected chi connectivity index (χ0v) is 13.5. The summed E-state index contributed by atoms with van der Waals surface area (Å²) in [6.45, 7) is 3.04. The first-order valence-electron chi connectivity index (χ1n) is 6.34. The zero-order chi connectivity index (χ0) is 16.1. The van der Waals surface area contributed by atoms with Crippen molar-refractivity contribution in [3.05, 3.63) is 29.6 Å². The predicted molar refractivity (Wildman–Crippen MR) is 80.4 cm³/mol. The summed E-state index contributed by atoms with van der Waals surface area (Å²) >= 11 is 0. The Bertz CT molecular complexity index is 716. The fourth-order valence-electron chi connectivity index (χ4n) is 1.62. The maximum absolute atomic E-state index is 11.1. The maximum atomic E-state index is 11.1. The number of ether oxygens (including phenoxy) is 2. The van der Waals surface area contributed by atoms with Gasteiger partial charge in [-0.25, -0.2) is 10.1 Å². The van der Waals surface area contributed by atoms with Crippen LogP contribution in [0.15, 0.2) is 23.3 Å². The Morgan fingerprint density at radius 3 is 2.70 bits per heavy atom. The molecule has 9 nitrogen and oxygen atoms in total. The van der Waals surface area contributed by atoms with E-state index in [-0.39, 0.29) is 12.4 Å². The molecule has 0 aliphatic rings. The number of hydrogen-bond acceptors (Lipinski definition) is 8. The molecule has 1 heterocycles. The summed E-state index contributed by atoms with van der Waals surface area (Å²) < 4.78 is 11.5. The van der Waals surface area contributed by atoms with Gasteiger partial charge < -0.3 is 27.7 Å². The van der Waals surface area contributed by atoms with Crippen LogP contribution >= 0.6 is 0 Å². The first kappa shape index (κ1) is 18.2. The van der Waals surface area contributed by atoms with Crippen LogP contribution in [-0.2, 0) is 4.79 Å². The third-order valence-corrected chi connectivity index (χ3v) is 2.69. The Morgan fingerprint density at radius 1 is 1.39 bits per heavy atom. The van der Waals surface area contributed by atoms with Crippen LogP contribution in [0.4, 0.5) is 5.95 Å². The Hall–Kier alpha value is -2.81. The number of nitrogens with zero attached hydrogens (tertiary/aromatic N) is 4. The molecule has 0 saturated heterocycles. The molecule has 0 amide bonds. The lowest BCUT2D eigenvalue weighted by Crippen LogP contribution is -3.00. The first-order valence-corrected chi connectivity index (χ1v) is 6.34. The van der Waals surface area contributed by atoms with Crippen LogP contribution in [-0.4, -0.2) is 34.2 Å². The van der Waals surface area contributed by atoms with E-state index in [1.165, 1.54) is 24.9 Å². The number of hydrogen-bond donors (Lipinski definition) is 2. The van der Waals surface area contributed by atoms with E-state index in [1.54, 1.807) is 25.1 Å². The highest BCUT2D eigenvalue weighted by Crippen LogP contribution is 2.27. The van der Waals surface area contributed by atoms with Gasteiger partial charge in [0, 0.05) is 6.92 Å². The minimum Gasteiger partial charge on any atom is -1.00 e. The largest absolute Gasteiger partial charge is 1.00 e. The molecule has 1 aromatic carbocycles. The van der Waals surface area contributed by atoms with Crippen LogP contribution in [0, 0.1) is 6.92 Å². The van der Waals surface area contributed by atoms with Gasteiger partial charge >= 0.3 is 5.97 Å². The van der Waals surface area contributed by atoms with Crippen molar-refractivity contribution in [2.45, 2.75) is 13.8 Å². The molecule has 0 unspecified atom stereocenters. The summed E-state index contributed by atoms with van der Waals surface area (Å²) in [6.07, 6.45) is 1.52. The van der Waals surface area contributed by atoms with Gasteiger partial charge in [-0.3, -0.25) is 4.79 Å². The molecule has 23 heavy (non-hydrogen) atoms. The number of esters is 1. The van der Waals surface area contributed by atoms with Crippen LogP contribution in [0.1, 0.15) is 18.3 Å². The lowest BCUT2D eigenvalue weighted by atomic mass is 10.2. The highest BCUT2D eigenvalue weighted by atomic mass is 35.5. The maximum Gasteiger partial charge on any atom is 0.308 e. The number of carbonyl (C=O) groups excluding carboxylic acids is 1. The SMILES string of the molecule is COc1ccc(C=NNc2nnc(C)n2N)cc1OC(C)=O.[Cl-]. The number of aryl methyl sites for hydroxylation is 1. The van der Waals surface area contributed by atoms with Gasteiger partial charge in [0.25, 0.3) is 5.95 Å². The summed E-state index contributed by atoms with van der Waals surface area (Å²) in [5, 5.41) is 11.6. The molecule has 0 atom stereocenters. The van der Waals surface area contributed by atoms with E-state index in [0.717, 1.165) is 0 Å². The molecule has 3 N–H and O–H groups in total. The average Bonchev–Trinajstić information content (AvgIpc) is 2.79. The Kier molecular flexibility index (Phi) is 6.34. The molecule has 2 aromatic rings. The Balaban J connectivity index is 0.00000264. The monoisotopic (exact) mass is 339 g/mol. The molecule has 2 rings (SSSR count). The van der Waals surface area contributed by atoms with Crippen LogP contribution in [0.2, 0.25) is 0 Å². The fourth-order valence-corrected chi connectivity index (χ4v) is 1.62. The zero-order valence-electron chi connectivity index (χ0n) is 12.8. The van der Waals surface area contributed by atoms with Crippen molar-refractivity contribution >= 4 is 18.1 Å². The van der Waals surface area contributed by atoms with Gasteiger partial charge in [0.2, 0.25) is 0 Å². The minimum absolute atomic E-state index is 0. The summed E-state index contributed by atoms with van der Waals surface area (Å²) in [5.74, 6) is 6.88. The van der Waals surface area contributed by atoms with Gasteiger partial charge in [0.05, 0.1) is 13.3 Å². The number of rotatable bonds is 5. The summed E-state index contributed by atoms with van der Waals surface area (Å²) in [7, 11) is 1.49. The molecule has 0 saturated carbocycles. The van der Waals surface area contributed by atoms with Gasteiger partial charge in [0.15, 0.2) is 17.3 Å². The quantitative estimate of drug-likeness (QED) is 0.206. The van der Waals surface area contributed by atoms with Gasteiger partial charge in [-0.15, -0.1) is 10.2 Å². The molecule has 0 aliphatic carbocycles. The molecule has 0 bridgehead atoms. The minimum atomic E-state index is -0.433. The van der Waals surface area contributed by atoms with Gasteiger partial charge in [0.1, 0.15) is 0 Å². The van der Waals surface area contributed by atoms with Crippen molar-refractivity contribution in [3.63, 3.8) is 0 Å². The van der Waals surface area contributed by atoms with E-state index in [9.17, 15) is 4.79 Å². The van der Waals surface area contributed by atoms with Crippen molar-refractivity contribution in [1.82, 2.24) is 14.9 Å². The van der Waals surface area contributed by atoms with Crippen LogP contribution < -0.4 is 33.1 Å². The van der Waals surface area contributed by atoms with E-state index in [1.807, 2.05) is 0 Å². The van der Waals surface area contributed by atoms with E-state index in [2.05, 4.69) is 20.7 Å². The topological polar surface area (TPSA) is 117 Å². The van der Waals surface area contributed by atoms with Crippen molar-refractivity contribution in [1.29, 1.82) is 0 Å². The van der Waals surface area contributed by atoms with Crippen molar-refractivity contribution in [2.24, 2.45) is 5.10 Å². The summed E-state index contributed by atoms with van der Waals surface area (Å²) in [4.78, 5) is 11.1. The highest BCUT2D eigenvalue weighted by Gasteiger charge is 2.07.